The van der Waals surface area contributed by atoms with Gasteiger partial charge in [0.2, 0.25) is 0 Å². The van der Waals surface area contributed by atoms with E-state index in [2.05, 4.69) is 23.3 Å². The van der Waals surface area contributed by atoms with E-state index in [1.165, 1.54) is 23.3 Å². The number of ether oxygens (including phenoxy) is 1. The highest BCUT2D eigenvalue weighted by Gasteiger charge is 2.30. The molecule has 29 heavy (non-hydrogen) atoms. The molecule has 1 atom stereocenters. The van der Waals surface area contributed by atoms with E-state index in [0.29, 0.717) is 23.9 Å². The van der Waals surface area contributed by atoms with Gasteiger partial charge in [-0.1, -0.05) is 12.1 Å². The fourth-order valence-electron chi connectivity index (χ4n) is 4.27. The van der Waals surface area contributed by atoms with Gasteiger partial charge in [-0.25, -0.2) is 4.39 Å². The van der Waals surface area contributed by atoms with Crippen LogP contribution in [-0.2, 0) is 13.5 Å². The van der Waals surface area contributed by atoms with Crippen molar-refractivity contribution >= 4 is 5.91 Å². The number of likely N-dealkylation sites (tertiary alicyclic amines) is 1. The molecular weight excluding hydrogens is 369 g/mol. The number of rotatable bonds is 3. The molecule has 0 bridgehead atoms. The van der Waals surface area contributed by atoms with E-state index in [1.54, 1.807) is 29.9 Å². The minimum absolute atomic E-state index is 0.0136. The average molecular weight is 391 g/mol. The lowest BCUT2D eigenvalue weighted by Gasteiger charge is -2.17. The Kier molecular flexibility index (Phi) is 4.34. The third kappa shape index (κ3) is 3.28. The van der Waals surface area contributed by atoms with Crippen LogP contribution in [0.1, 0.15) is 34.0 Å². The number of benzene rings is 2. The molecule has 0 aliphatic carbocycles. The van der Waals surface area contributed by atoms with Crippen LogP contribution in [0, 0.1) is 5.82 Å². The highest BCUT2D eigenvalue weighted by atomic mass is 19.1. The third-order valence-electron chi connectivity index (χ3n) is 5.90. The minimum atomic E-state index is -0.290. The molecule has 5 nitrogen and oxygen atoms in total. The Labute approximate surface area is 168 Å². The fraction of sp³-hybridized carbons (Fsp3) is 0.304. The molecule has 148 valence electrons. The average Bonchev–Trinajstić information content (AvgIpc) is 3.47. The quantitative estimate of drug-likeness (QED) is 0.683. The molecule has 3 heterocycles. The fourth-order valence-corrected chi connectivity index (χ4v) is 4.27. The van der Waals surface area contributed by atoms with Crippen LogP contribution >= 0.6 is 0 Å². The van der Waals surface area contributed by atoms with E-state index >= 15 is 0 Å². The molecule has 1 aromatic heterocycles. The van der Waals surface area contributed by atoms with Crippen molar-refractivity contribution in [1.29, 1.82) is 0 Å². The van der Waals surface area contributed by atoms with Crippen LogP contribution in [0.5, 0.6) is 5.75 Å². The number of fused-ring (bicyclic) bond motifs is 1. The van der Waals surface area contributed by atoms with Gasteiger partial charge < -0.3 is 9.64 Å². The van der Waals surface area contributed by atoms with Gasteiger partial charge in [0, 0.05) is 38.0 Å². The second-order valence-corrected chi connectivity index (χ2v) is 7.75. The standard InChI is InChI=1S/C23H22FN3O2/c1-26-21(13-20(25-26)15-2-5-19(24)6-3-15)23(28)27-10-8-18(14-27)16-4-7-22-17(12-16)9-11-29-22/h2-7,12-13,18H,8-11,14H2,1H3/t18-/m1/s1. The van der Waals surface area contributed by atoms with Gasteiger partial charge in [0.15, 0.2) is 0 Å². The summed E-state index contributed by atoms with van der Waals surface area (Å²) in [6.07, 6.45) is 1.91. The highest BCUT2D eigenvalue weighted by Crippen LogP contribution is 2.33. The Bertz CT molecular complexity index is 1070. The third-order valence-corrected chi connectivity index (χ3v) is 5.90. The van der Waals surface area contributed by atoms with Crippen LogP contribution in [0.15, 0.2) is 48.5 Å². The molecule has 6 heteroatoms. The van der Waals surface area contributed by atoms with Crippen molar-refractivity contribution in [3.05, 3.63) is 71.2 Å². The number of nitrogens with zero attached hydrogens (tertiary/aromatic N) is 3. The maximum atomic E-state index is 13.2. The maximum Gasteiger partial charge on any atom is 0.272 e. The molecule has 0 N–H and O–H groups in total. The van der Waals surface area contributed by atoms with Crippen molar-refractivity contribution in [1.82, 2.24) is 14.7 Å². The molecule has 2 aliphatic rings. The summed E-state index contributed by atoms with van der Waals surface area (Å²) in [7, 11) is 1.77. The number of halogens is 1. The number of amides is 1. The molecule has 1 saturated heterocycles. The van der Waals surface area contributed by atoms with Gasteiger partial charge in [0.1, 0.15) is 17.3 Å². The second-order valence-electron chi connectivity index (χ2n) is 7.75. The van der Waals surface area contributed by atoms with Crippen LogP contribution in [0.25, 0.3) is 11.3 Å². The van der Waals surface area contributed by atoms with Gasteiger partial charge in [-0.3, -0.25) is 9.48 Å². The maximum absolute atomic E-state index is 13.2. The van der Waals surface area contributed by atoms with E-state index in [-0.39, 0.29) is 11.7 Å². The molecule has 3 aromatic rings. The van der Waals surface area contributed by atoms with Crippen molar-refractivity contribution < 1.29 is 13.9 Å². The van der Waals surface area contributed by atoms with Crippen LogP contribution in [0.2, 0.25) is 0 Å². The summed E-state index contributed by atoms with van der Waals surface area (Å²) in [5, 5.41) is 4.45. The zero-order valence-electron chi connectivity index (χ0n) is 16.3. The minimum Gasteiger partial charge on any atom is -0.493 e. The Morgan fingerprint density at radius 3 is 2.83 bits per heavy atom. The summed E-state index contributed by atoms with van der Waals surface area (Å²) in [6.45, 7) is 2.19. The molecule has 0 unspecified atom stereocenters. The van der Waals surface area contributed by atoms with Crippen molar-refractivity contribution in [3.63, 3.8) is 0 Å². The van der Waals surface area contributed by atoms with Crippen molar-refractivity contribution in [3.8, 4) is 17.0 Å². The number of hydrogen-bond acceptors (Lipinski definition) is 3. The molecule has 1 fully saturated rings. The molecule has 2 aliphatic heterocycles. The smallest absolute Gasteiger partial charge is 0.272 e. The summed E-state index contributed by atoms with van der Waals surface area (Å²) in [6, 6.07) is 14.4. The van der Waals surface area contributed by atoms with Crippen molar-refractivity contribution in [2.75, 3.05) is 19.7 Å². The molecule has 0 saturated carbocycles. The zero-order chi connectivity index (χ0) is 20.0. The van der Waals surface area contributed by atoms with Gasteiger partial charge >= 0.3 is 0 Å². The summed E-state index contributed by atoms with van der Waals surface area (Å²) < 4.78 is 20.4. The Morgan fingerprint density at radius 2 is 2.00 bits per heavy atom. The number of carbonyl (C=O) groups excluding carboxylic acids is 1. The Hall–Kier alpha value is -3.15. The molecule has 2 aromatic carbocycles. The molecule has 1 amide bonds. The van der Waals surface area contributed by atoms with Gasteiger partial charge in [0.05, 0.1) is 12.3 Å². The van der Waals surface area contributed by atoms with E-state index in [4.69, 9.17) is 4.74 Å². The van der Waals surface area contributed by atoms with E-state index in [1.807, 2.05) is 4.90 Å². The lowest BCUT2D eigenvalue weighted by atomic mass is 9.96. The molecule has 0 spiro atoms. The SMILES string of the molecule is Cn1nc(-c2ccc(F)cc2)cc1C(=O)N1CC[C@@H](c2ccc3c(c2)CCO3)C1. The van der Waals surface area contributed by atoms with E-state index < -0.39 is 0 Å². The van der Waals surface area contributed by atoms with Gasteiger partial charge in [-0.2, -0.15) is 5.10 Å². The van der Waals surface area contributed by atoms with Gasteiger partial charge in [-0.05, 0) is 53.9 Å². The van der Waals surface area contributed by atoms with Crippen LogP contribution in [0.4, 0.5) is 4.39 Å². The molecule has 0 radical (unpaired) electrons. The van der Waals surface area contributed by atoms with Gasteiger partial charge in [0.25, 0.3) is 5.91 Å². The molecular formula is C23H22FN3O2. The normalized spacial score (nSPS) is 18.0. The summed E-state index contributed by atoms with van der Waals surface area (Å²) in [4.78, 5) is 15.0. The zero-order valence-corrected chi connectivity index (χ0v) is 16.3. The summed E-state index contributed by atoms with van der Waals surface area (Å²) in [5.74, 6) is 1.03. The van der Waals surface area contributed by atoms with E-state index in [9.17, 15) is 9.18 Å². The topological polar surface area (TPSA) is 47.4 Å². The number of carbonyl (C=O) groups is 1. The highest BCUT2D eigenvalue weighted by molar-refractivity contribution is 5.94. The first-order valence-electron chi connectivity index (χ1n) is 9.93. The Morgan fingerprint density at radius 1 is 1.17 bits per heavy atom. The largest absolute Gasteiger partial charge is 0.493 e. The lowest BCUT2D eigenvalue weighted by molar-refractivity contribution is 0.0780. The second kappa shape index (κ2) is 7.03. The first-order chi connectivity index (χ1) is 14.1. The van der Waals surface area contributed by atoms with Crippen molar-refractivity contribution in [2.45, 2.75) is 18.8 Å². The summed E-state index contributed by atoms with van der Waals surface area (Å²) >= 11 is 0. The molecule has 5 rings (SSSR count). The van der Waals surface area contributed by atoms with Crippen LogP contribution in [-0.4, -0.2) is 40.3 Å². The van der Waals surface area contributed by atoms with Crippen LogP contribution < -0.4 is 4.74 Å². The first-order valence-corrected chi connectivity index (χ1v) is 9.93. The van der Waals surface area contributed by atoms with Crippen LogP contribution in [0.3, 0.4) is 0 Å². The predicted molar refractivity (Wildman–Crippen MR) is 108 cm³/mol. The number of hydrogen-bond donors (Lipinski definition) is 0. The predicted octanol–water partition coefficient (Wildman–Crippen LogP) is 3.79. The van der Waals surface area contributed by atoms with Crippen molar-refractivity contribution in [2.24, 2.45) is 7.05 Å². The van der Waals surface area contributed by atoms with E-state index in [0.717, 1.165) is 37.3 Å². The Balaban J connectivity index is 1.33. The number of aryl methyl sites for hydroxylation is 1. The lowest BCUT2D eigenvalue weighted by Crippen LogP contribution is -2.30. The summed E-state index contributed by atoms with van der Waals surface area (Å²) in [5.41, 5.74) is 4.56. The van der Waals surface area contributed by atoms with Gasteiger partial charge in [-0.15, -0.1) is 0 Å². The monoisotopic (exact) mass is 391 g/mol. The first kappa shape index (κ1) is 17.9. The number of aromatic nitrogens is 2.